The normalized spacial score (nSPS) is 14.3. The number of aryl methyl sites for hydroxylation is 1. The van der Waals surface area contributed by atoms with Crippen LogP contribution in [0.4, 0.5) is 0 Å². The quantitative estimate of drug-likeness (QED) is 0.855. The van der Waals surface area contributed by atoms with Crippen LogP contribution in [0.3, 0.4) is 0 Å². The largest absolute Gasteiger partial charge is 0.309 e. The van der Waals surface area contributed by atoms with E-state index in [9.17, 15) is 0 Å². The van der Waals surface area contributed by atoms with Crippen molar-refractivity contribution < 1.29 is 0 Å². The van der Waals surface area contributed by atoms with Crippen LogP contribution in [0.5, 0.6) is 0 Å². The summed E-state index contributed by atoms with van der Waals surface area (Å²) >= 11 is 1.85. The van der Waals surface area contributed by atoms with E-state index in [2.05, 4.69) is 54.7 Å². The zero-order valence-electron chi connectivity index (χ0n) is 11.9. The van der Waals surface area contributed by atoms with Crippen molar-refractivity contribution >= 4 is 11.3 Å². The van der Waals surface area contributed by atoms with E-state index in [0.29, 0.717) is 12.0 Å². The van der Waals surface area contributed by atoms with Crippen LogP contribution in [0.15, 0.2) is 35.8 Å². The second kappa shape index (κ2) is 6.83. The summed E-state index contributed by atoms with van der Waals surface area (Å²) in [6.45, 7) is 7.62. The summed E-state index contributed by atoms with van der Waals surface area (Å²) in [4.78, 5) is 5.97. The summed E-state index contributed by atoms with van der Waals surface area (Å²) in [6, 6.07) is 8.76. The highest BCUT2D eigenvalue weighted by molar-refractivity contribution is 7.10. The minimum atomic E-state index is 0.356. The molecule has 0 aliphatic rings. The Hall–Kier alpha value is -1.19. The topological polar surface area (TPSA) is 24.9 Å². The molecule has 0 radical (unpaired) electrons. The van der Waals surface area contributed by atoms with Gasteiger partial charge in [0.05, 0.1) is 0 Å². The van der Waals surface area contributed by atoms with Crippen LogP contribution < -0.4 is 5.32 Å². The summed E-state index contributed by atoms with van der Waals surface area (Å²) in [5, 5.41) is 5.83. The summed E-state index contributed by atoms with van der Waals surface area (Å²) in [5.74, 6) is 0.380. The van der Waals surface area contributed by atoms with Gasteiger partial charge >= 0.3 is 0 Å². The molecule has 102 valence electrons. The smallest absolute Gasteiger partial charge is 0.0499 e. The molecule has 0 spiro atoms. The molecule has 0 aromatic carbocycles. The van der Waals surface area contributed by atoms with Crippen molar-refractivity contribution in [1.29, 1.82) is 0 Å². The Balaban J connectivity index is 2.30. The number of pyridine rings is 1. The van der Waals surface area contributed by atoms with E-state index in [4.69, 9.17) is 0 Å². The molecule has 0 amide bonds. The number of nitrogens with zero attached hydrogens (tertiary/aromatic N) is 1. The van der Waals surface area contributed by atoms with Crippen LogP contribution in [0, 0.1) is 0 Å². The Labute approximate surface area is 119 Å². The number of hydrogen-bond acceptors (Lipinski definition) is 3. The molecule has 0 bridgehead atoms. The van der Waals surface area contributed by atoms with Gasteiger partial charge in [-0.05, 0) is 42.1 Å². The van der Waals surface area contributed by atoms with Gasteiger partial charge in [0.25, 0.3) is 0 Å². The van der Waals surface area contributed by atoms with Crippen molar-refractivity contribution in [1.82, 2.24) is 10.3 Å². The summed E-state index contributed by atoms with van der Waals surface area (Å²) < 4.78 is 0. The average molecular weight is 274 g/mol. The van der Waals surface area contributed by atoms with E-state index in [0.717, 1.165) is 18.7 Å². The molecular weight excluding hydrogens is 252 g/mol. The van der Waals surface area contributed by atoms with Gasteiger partial charge in [0.15, 0.2) is 0 Å². The second-order valence-corrected chi connectivity index (χ2v) is 5.69. The number of rotatable bonds is 6. The zero-order valence-corrected chi connectivity index (χ0v) is 12.7. The van der Waals surface area contributed by atoms with Crippen molar-refractivity contribution in [3.63, 3.8) is 0 Å². The Morgan fingerprint density at radius 1 is 1.26 bits per heavy atom. The van der Waals surface area contributed by atoms with Crippen molar-refractivity contribution in [3.8, 4) is 0 Å². The summed E-state index contributed by atoms with van der Waals surface area (Å²) in [6.07, 6.45) is 2.97. The maximum Gasteiger partial charge on any atom is 0.0499 e. The van der Waals surface area contributed by atoms with Crippen LogP contribution in [0.25, 0.3) is 0 Å². The molecule has 19 heavy (non-hydrogen) atoms. The lowest BCUT2D eigenvalue weighted by atomic mass is 9.94. The van der Waals surface area contributed by atoms with Gasteiger partial charge in [0.2, 0.25) is 0 Å². The second-order valence-electron chi connectivity index (χ2n) is 4.74. The molecule has 2 aromatic heterocycles. The van der Waals surface area contributed by atoms with Gasteiger partial charge < -0.3 is 5.32 Å². The summed E-state index contributed by atoms with van der Waals surface area (Å²) in [5.41, 5.74) is 2.61. The third-order valence-electron chi connectivity index (χ3n) is 3.52. The van der Waals surface area contributed by atoms with Gasteiger partial charge in [-0.1, -0.05) is 26.8 Å². The highest BCUT2D eigenvalue weighted by Crippen LogP contribution is 2.34. The first-order chi connectivity index (χ1) is 9.27. The van der Waals surface area contributed by atoms with Crippen LogP contribution in [-0.4, -0.2) is 11.5 Å². The van der Waals surface area contributed by atoms with Crippen LogP contribution >= 0.6 is 11.3 Å². The van der Waals surface area contributed by atoms with Crippen LogP contribution in [0.1, 0.15) is 48.9 Å². The molecule has 1 N–H and O–H groups in total. The molecule has 0 fully saturated rings. The average Bonchev–Trinajstić information content (AvgIpc) is 2.93. The number of thiophene rings is 1. The monoisotopic (exact) mass is 274 g/mol. The summed E-state index contributed by atoms with van der Waals surface area (Å²) in [7, 11) is 0. The van der Waals surface area contributed by atoms with Crippen molar-refractivity contribution in [2.45, 2.75) is 39.2 Å². The Kier molecular flexibility index (Phi) is 5.11. The third-order valence-corrected chi connectivity index (χ3v) is 4.56. The lowest BCUT2D eigenvalue weighted by molar-refractivity contribution is 0.476. The molecule has 2 atom stereocenters. The molecule has 0 aliphatic carbocycles. The number of likely N-dealkylation sites (N-methyl/N-ethyl adjacent to an activating group) is 1. The van der Waals surface area contributed by atoms with Gasteiger partial charge in [-0.2, -0.15) is 0 Å². The van der Waals surface area contributed by atoms with Crippen molar-refractivity contribution in [2.24, 2.45) is 0 Å². The minimum absolute atomic E-state index is 0.356. The van der Waals surface area contributed by atoms with Gasteiger partial charge in [-0.25, -0.2) is 0 Å². The standard InChI is InChI=1S/C16H22N2S/c1-4-13-9-11-19-16(13)15(17-5-2)12(3)14-8-6-7-10-18-14/h6-12,15,17H,4-5H2,1-3H3. The van der Waals surface area contributed by atoms with E-state index in [1.165, 1.54) is 10.4 Å². The van der Waals surface area contributed by atoms with Crippen molar-refractivity contribution in [2.75, 3.05) is 6.54 Å². The molecule has 0 saturated heterocycles. The number of hydrogen-bond donors (Lipinski definition) is 1. The van der Waals surface area contributed by atoms with Gasteiger partial charge in [-0.3, -0.25) is 4.98 Å². The lowest BCUT2D eigenvalue weighted by Gasteiger charge is -2.24. The van der Waals surface area contributed by atoms with E-state index >= 15 is 0 Å². The fraction of sp³-hybridized carbons (Fsp3) is 0.438. The molecule has 2 nitrogen and oxygen atoms in total. The lowest BCUT2D eigenvalue weighted by Crippen LogP contribution is -2.26. The maximum atomic E-state index is 4.51. The predicted octanol–water partition coefficient (Wildman–Crippen LogP) is 4.16. The van der Waals surface area contributed by atoms with Gasteiger partial charge in [0.1, 0.15) is 0 Å². The van der Waals surface area contributed by atoms with E-state index in [1.807, 2.05) is 23.6 Å². The van der Waals surface area contributed by atoms with Crippen LogP contribution in [-0.2, 0) is 6.42 Å². The zero-order chi connectivity index (χ0) is 13.7. The molecule has 2 rings (SSSR count). The van der Waals surface area contributed by atoms with Crippen molar-refractivity contribution in [3.05, 3.63) is 52.0 Å². The molecular formula is C16H22N2S. The van der Waals surface area contributed by atoms with Crippen LogP contribution in [0.2, 0.25) is 0 Å². The SMILES string of the molecule is CCNC(c1sccc1CC)C(C)c1ccccn1. The number of nitrogens with one attached hydrogen (secondary N) is 1. The van der Waals surface area contributed by atoms with Gasteiger partial charge in [0, 0.05) is 28.7 Å². The van der Waals surface area contributed by atoms with Gasteiger partial charge in [-0.15, -0.1) is 11.3 Å². The Morgan fingerprint density at radius 3 is 2.74 bits per heavy atom. The molecule has 2 aromatic rings. The molecule has 0 saturated carbocycles. The number of aromatic nitrogens is 1. The first-order valence-corrected chi connectivity index (χ1v) is 7.86. The molecule has 3 heteroatoms. The Bertz CT molecular complexity index is 492. The predicted molar refractivity (Wildman–Crippen MR) is 82.8 cm³/mol. The molecule has 2 heterocycles. The third kappa shape index (κ3) is 3.23. The maximum absolute atomic E-state index is 4.51. The molecule has 2 unspecified atom stereocenters. The van der Waals surface area contributed by atoms with E-state index in [1.54, 1.807) is 0 Å². The molecule has 0 aliphatic heterocycles. The fourth-order valence-electron chi connectivity index (χ4n) is 2.44. The highest BCUT2D eigenvalue weighted by atomic mass is 32.1. The first-order valence-electron chi connectivity index (χ1n) is 6.98. The van der Waals surface area contributed by atoms with E-state index < -0.39 is 0 Å². The highest BCUT2D eigenvalue weighted by Gasteiger charge is 2.23. The van der Waals surface area contributed by atoms with E-state index in [-0.39, 0.29) is 0 Å². The minimum Gasteiger partial charge on any atom is -0.309 e. The Morgan fingerprint density at radius 2 is 2.11 bits per heavy atom. The fourth-order valence-corrected chi connectivity index (χ4v) is 3.62. The first kappa shape index (κ1) is 14.2.